The molecule has 92 heavy (non-hydrogen) atoms. The van der Waals surface area contributed by atoms with Gasteiger partial charge in [-0.1, -0.05) is 164 Å². The molecule has 20 rings (SSSR count). The third kappa shape index (κ3) is 7.27. The van der Waals surface area contributed by atoms with Crippen LogP contribution in [0, 0.1) is 0 Å². The van der Waals surface area contributed by atoms with Gasteiger partial charge in [-0.3, -0.25) is 8.97 Å². The van der Waals surface area contributed by atoms with E-state index in [1.54, 1.807) is 0 Å². The summed E-state index contributed by atoms with van der Waals surface area (Å²) < 4.78 is 14.4. The molecule has 0 aliphatic rings. The Hall–Kier alpha value is -12.6. The number of nitrogens with zero attached hydrogens (tertiary/aromatic N) is 9. The highest BCUT2D eigenvalue weighted by Crippen LogP contribution is 2.45. The van der Waals surface area contributed by atoms with Crippen LogP contribution in [0.3, 0.4) is 0 Å². The van der Waals surface area contributed by atoms with Gasteiger partial charge in [0.15, 0.2) is 17.5 Å². The fourth-order valence-corrected chi connectivity index (χ4v) is 15.1. The van der Waals surface area contributed by atoms with E-state index in [-0.39, 0.29) is 0 Å². The Morgan fingerprint density at radius 2 is 0.500 bits per heavy atom. The Balaban J connectivity index is 0.911. The van der Waals surface area contributed by atoms with E-state index in [9.17, 15) is 0 Å². The first-order chi connectivity index (χ1) is 45.7. The molecule has 428 valence electrons. The molecule has 0 atom stereocenters. The normalized spacial score (nSPS) is 12.1. The molecule has 0 unspecified atom stereocenters. The fourth-order valence-electron chi connectivity index (χ4n) is 15.1. The number of imidazole rings is 1. The van der Waals surface area contributed by atoms with Gasteiger partial charge in [0.25, 0.3) is 0 Å². The Bertz CT molecular complexity index is 6150. The molecule has 9 nitrogen and oxygen atoms in total. The van der Waals surface area contributed by atoms with Crippen molar-refractivity contribution in [1.82, 2.24) is 42.2 Å². The van der Waals surface area contributed by atoms with Crippen LogP contribution >= 0.6 is 0 Å². The number of rotatable bonds is 8. The third-order valence-electron chi connectivity index (χ3n) is 19.0. The lowest BCUT2D eigenvalue weighted by Gasteiger charge is -2.12. The number of hydrogen-bond acceptors (Lipinski definition) is 3. The van der Waals surface area contributed by atoms with E-state index in [1.165, 1.54) is 21.5 Å². The van der Waals surface area contributed by atoms with Crippen molar-refractivity contribution < 1.29 is 0 Å². The highest BCUT2D eigenvalue weighted by molar-refractivity contribution is 6.15. The molecule has 0 saturated carbocycles. The molecular formula is C83H51N9. The van der Waals surface area contributed by atoms with E-state index in [4.69, 9.17) is 15.0 Å². The van der Waals surface area contributed by atoms with Gasteiger partial charge in [0.05, 0.1) is 66.2 Å². The van der Waals surface area contributed by atoms with Gasteiger partial charge >= 0.3 is 0 Å². The van der Waals surface area contributed by atoms with Crippen LogP contribution in [-0.4, -0.2) is 42.2 Å². The SMILES string of the molecule is c1ccc(-n2c3ccccc3c3cc(-c4nc(-c5ccc6c(c5)c5ccccc5n6-c5ccccc5)nc(-c5c6ccc(-n7c8ccccc8c8ccccc87)cc6n6c7cc(-n8c9ccccc9c9ccccc98)ccc7n(-c7ccccc7)c56)n4)ccc32)cc1. The molecular weight excluding hydrogens is 1120 g/mol. The summed E-state index contributed by atoms with van der Waals surface area (Å²) in [7, 11) is 0. The average Bonchev–Trinajstić information content (AvgIpc) is 1.63. The monoisotopic (exact) mass is 1170 g/mol. The topological polar surface area (TPSA) is 67.7 Å². The number of fused-ring (bicyclic) bond motifs is 17. The number of aromatic nitrogens is 9. The van der Waals surface area contributed by atoms with Crippen molar-refractivity contribution in [3.8, 4) is 62.6 Å². The molecule has 0 fully saturated rings. The molecule has 20 aromatic rings. The summed E-state index contributed by atoms with van der Waals surface area (Å²) in [6, 6.07) is 112. The zero-order chi connectivity index (χ0) is 60.1. The van der Waals surface area contributed by atoms with Crippen molar-refractivity contribution in [3.05, 3.63) is 309 Å². The molecule has 0 amide bonds. The van der Waals surface area contributed by atoms with Gasteiger partial charge < -0.3 is 18.3 Å². The minimum Gasteiger partial charge on any atom is -0.309 e. The van der Waals surface area contributed by atoms with E-state index in [0.29, 0.717) is 17.5 Å². The van der Waals surface area contributed by atoms with Crippen molar-refractivity contribution in [2.24, 2.45) is 0 Å². The number of benzene rings is 13. The first-order valence-electron chi connectivity index (χ1n) is 31.3. The predicted molar refractivity (Wildman–Crippen MR) is 379 cm³/mol. The maximum absolute atomic E-state index is 5.80. The van der Waals surface area contributed by atoms with E-state index >= 15 is 0 Å². The second kappa shape index (κ2) is 19.5. The van der Waals surface area contributed by atoms with Gasteiger partial charge in [-0.2, -0.15) is 0 Å². The summed E-state index contributed by atoms with van der Waals surface area (Å²) in [5.74, 6) is 1.70. The number of para-hydroxylation sites is 9. The van der Waals surface area contributed by atoms with Gasteiger partial charge in [-0.25, -0.2) is 15.0 Å². The first kappa shape index (κ1) is 50.4. The second-order valence-electron chi connectivity index (χ2n) is 24.0. The van der Waals surface area contributed by atoms with Crippen molar-refractivity contribution in [2.45, 2.75) is 0 Å². The van der Waals surface area contributed by atoms with Gasteiger partial charge in [-0.15, -0.1) is 0 Å². The third-order valence-corrected chi connectivity index (χ3v) is 19.0. The largest absolute Gasteiger partial charge is 0.309 e. The second-order valence-corrected chi connectivity index (χ2v) is 24.0. The molecule has 0 spiro atoms. The lowest BCUT2D eigenvalue weighted by molar-refractivity contribution is 1.07. The summed E-state index contributed by atoms with van der Waals surface area (Å²) in [4.78, 5) is 17.2. The molecule has 0 aliphatic carbocycles. The summed E-state index contributed by atoms with van der Waals surface area (Å²) >= 11 is 0. The van der Waals surface area contributed by atoms with Crippen molar-refractivity contribution in [1.29, 1.82) is 0 Å². The standard InChI is InChI=1S/C83H51N9/c1-4-22-54(23-5-1)87-72-38-20-14-32-63(72)66-48-52(40-45-74(66)87)80-84-81(53-41-46-75-67(49-53)64-33-15-21-39-73(64)88(75)55-24-6-2-7-25-55)86-82(85-80)79-65-44-42-57(89-68-34-16-10-28-59(68)60-29-11-17-35-69(60)89)50-77(65)92-78-51-58(43-47-76(78)91(83(79)92)56-26-8-3-9-27-56)90-70-36-18-12-30-61(70)62-31-13-19-37-71(62)90/h1-51H. The van der Waals surface area contributed by atoms with E-state index in [0.717, 1.165) is 138 Å². The van der Waals surface area contributed by atoms with Crippen molar-refractivity contribution >= 4 is 115 Å². The Labute approximate surface area is 526 Å². The molecule has 7 aromatic heterocycles. The summed E-state index contributed by atoms with van der Waals surface area (Å²) in [5, 5.41) is 10.4. The quantitative estimate of drug-likeness (QED) is 0.152. The molecule has 13 aromatic carbocycles. The summed E-state index contributed by atoms with van der Waals surface area (Å²) in [6.07, 6.45) is 0. The van der Waals surface area contributed by atoms with Crippen molar-refractivity contribution in [3.63, 3.8) is 0 Å². The highest BCUT2D eigenvalue weighted by Gasteiger charge is 2.28. The minimum absolute atomic E-state index is 0.559. The summed E-state index contributed by atoms with van der Waals surface area (Å²) in [6.45, 7) is 0. The van der Waals surface area contributed by atoms with Crippen LogP contribution in [-0.2, 0) is 0 Å². The smallest absolute Gasteiger partial charge is 0.168 e. The molecule has 7 heterocycles. The first-order valence-corrected chi connectivity index (χ1v) is 31.3. The van der Waals surface area contributed by atoms with Gasteiger partial charge in [0, 0.05) is 88.0 Å². The molecule has 0 N–H and O–H groups in total. The predicted octanol–water partition coefficient (Wildman–Crippen LogP) is 20.6. The van der Waals surface area contributed by atoms with Crippen LogP contribution in [0.4, 0.5) is 0 Å². The maximum atomic E-state index is 5.80. The lowest BCUT2D eigenvalue weighted by atomic mass is 10.1. The zero-order valence-corrected chi connectivity index (χ0v) is 49.5. The van der Waals surface area contributed by atoms with Crippen LogP contribution in [0.2, 0.25) is 0 Å². The molecule has 9 heteroatoms. The Kier molecular flexibility index (Phi) is 10.7. The molecule has 0 saturated heterocycles. The lowest BCUT2D eigenvalue weighted by Crippen LogP contribution is -2.02. The summed E-state index contributed by atoms with van der Waals surface area (Å²) in [5.41, 5.74) is 21.0. The van der Waals surface area contributed by atoms with Crippen LogP contribution in [0.25, 0.3) is 177 Å². The van der Waals surface area contributed by atoms with E-state index < -0.39 is 0 Å². The van der Waals surface area contributed by atoms with E-state index in [2.05, 4.69) is 337 Å². The van der Waals surface area contributed by atoms with Crippen LogP contribution < -0.4 is 0 Å². The average molecular weight is 1170 g/mol. The van der Waals surface area contributed by atoms with Crippen molar-refractivity contribution in [2.75, 3.05) is 0 Å². The van der Waals surface area contributed by atoms with Gasteiger partial charge in [0.2, 0.25) is 0 Å². The molecule has 0 bridgehead atoms. The molecule has 0 radical (unpaired) electrons. The maximum Gasteiger partial charge on any atom is 0.168 e. The Morgan fingerprint density at radius 3 is 0.924 bits per heavy atom. The van der Waals surface area contributed by atoms with Crippen LogP contribution in [0.1, 0.15) is 0 Å². The zero-order valence-electron chi connectivity index (χ0n) is 49.5. The van der Waals surface area contributed by atoms with Crippen LogP contribution in [0.5, 0.6) is 0 Å². The Morgan fingerprint density at radius 1 is 0.185 bits per heavy atom. The van der Waals surface area contributed by atoms with E-state index in [1.807, 2.05) is 0 Å². The highest BCUT2D eigenvalue weighted by atomic mass is 15.2. The van der Waals surface area contributed by atoms with Gasteiger partial charge in [-0.05, 0) is 146 Å². The number of hydrogen-bond donors (Lipinski definition) is 0. The van der Waals surface area contributed by atoms with Gasteiger partial charge in [0.1, 0.15) is 5.65 Å². The minimum atomic E-state index is 0.559. The molecule has 0 aliphatic heterocycles. The fraction of sp³-hybridized carbons (Fsp3) is 0. The van der Waals surface area contributed by atoms with Crippen LogP contribution in [0.15, 0.2) is 309 Å².